The van der Waals surface area contributed by atoms with Gasteiger partial charge in [-0.25, -0.2) is 0 Å². The molecule has 1 atom stereocenters. The minimum absolute atomic E-state index is 0.200. The molecule has 2 rings (SSSR count). The van der Waals surface area contributed by atoms with Crippen molar-refractivity contribution >= 4 is 11.8 Å². The summed E-state index contributed by atoms with van der Waals surface area (Å²) in [5.41, 5.74) is 1.40. The van der Waals surface area contributed by atoms with Crippen molar-refractivity contribution in [2.24, 2.45) is 0 Å². The van der Waals surface area contributed by atoms with Gasteiger partial charge in [-0.3, -0.25) is 9.59 Å². The molecule has 1 aromatic heterocycles. The minimum atomic E-state index is -0.996. The highest BCUT2D eigenvalue weighted by molar-refractivity contribution is 5.99. The molecular weight excluding hydrogens is 270 g/mol. The number of aliphatic carboxylic acids is 1. The van der Waals surface area contributed by atoms with Crippen LogP contribution < -0.4 is 5.32 Å². The van der Waals surface area contributed by atoms with Gasteiger partial charge in [0.2, 0.25) is 5.78 Å². The number of carbonyl (C=O) groups is 2. The highest BCUT2D eigenvalue weighted by Gasteiger charge is 2.24. The maximum Gasteiger partial charge on any atom is 0.305 e. The van der Waals surface area contributed by atoms with Crippen LogP contribution in [0.25, 0.3) is 0 Å². The van der Waals surface area contributed by atoms with E-state index < -0.39 is 12.0 Å². The average Bonchev–Trinajstić information content (AvgIpc) is 3.00. The van der Waals surface area contributed by atoms with Gasteiger partial charge in [0.05, 0.1) is 18.7 Å². The molecule has 1 aromatic rings. The zero-order valence-electron chi connectivity index (χ0n) is 12.0. The topological polar surface area (TPSA) is 79.5 Å². The number of furan rings is 1. The summed E-state index contributed by atoms with van der Waals surface area (Å²) in [6.07, 6.45) is 8.99. The standard InChI is InChI=1S/C16H21NO4/c18-15(19)11-13(16(20)14-7-4-10-21-14)17-9-8-12-5-2-1-3-6-12/h4-5,7,10,13,17H,1-3,6,8-9,11H2,(H,18,19). The van der Waals surface area contributed by atoms with Crippen LogP contribution in [-0.4, -0.2) is 29.4 Å². The molecule has 0 aliphatic heterocycles. The van der Waals surface area contributed by atoms with Crippen LogP contribution in [0.5, 0.6) is 0 Å². The summed E-state index contributed by atoms with van der Waals surface area (Å²) in [6, 6.07) is 2.44. The van der Waals surface area contributed by atoms with Crippen molar-refractivity contribution in [2.75, 3.05) is 6.54 Å². The molecule has 0 aromatic carbocycles. The SMILES string of the molecule is O=C(O)CC(NCCC1=CCCCC1)C(=O)c1ccco1. The van der Waals surface area contributed by atoms with Crippen molar-refractivity contribution in [3.8, 4) is 0 Å². The maximum absolute atomic E-state index is 12.2. The zero-order chi connectivity index (χ0) is 15.1. The predicted molar refractivity (Wildman–Crippen MR) is 78.3 cm³/mol. The summed E-state index contributed by atoms with van der Waals surface area (Å²) >= 11 is 0. The van der Waals surface area contributed by atoms with Crippen LogP contribution in [0.2, 0.25) is 0 Å². The second-order valence-corrected chi connectivity index (χ2v) is 5.30. The van der Waals surface area contributed by atoms with Gasteiger partial charge >= 0.3 is 5.97 Å². The quantitative estimate of drug-likeness (QED) is 0.568. The van der Waals surface area contributed by atoms with E-state index in [9.17, 15) is 9.59 Å². The average molecular weight is 291 g/mol. The summed E-state index contributed by atoms with van der Waals surface area (Å²) in [4.78, 5) is 23.1. The van der Waals surface area contributed by atoms with E-state index in [1.165, 1.54) is 24.7 Å². The Balaban J connectivity index is 1.88. The van der Waals surface area contributed by atoms with Gasteiger partial charge < -0.3 is 14.8 Å². The number of hydrogen-bond acceptors (Lipinski definition) is 4. The molecule has 1 aliphatic rings. The van der Waals surface area contributed by atoms with Crippen LogP contribution in [0.15, 0.2) is 34.5 Å². The number of nitrogens with one attached hydrogen (secondary N) is 1. The molecule has 0 radical (unpaired) electrons. The molecule has 114 valence electrons. The van der Waals surface area contributed by atoms with E-state index in [1.807, 2.05) is 0 Å². The predicted octanol–water partition coefficient (Wildman–Crippen LogP) is 2.79. The fourth-order valence-corrected chi connectivity index (χ4v) is 2.56. The van der Waals surface area contributed by atoms with Gasteiger partial charge in [0.25, 0.3) is 0 Å². The summed E-state index contributed by atoms with van der Waals surface area (Å²) in [5, 5.41) is 12.0. The molecule has 0 saturated heterocycles. The lowest BCUT2D eigenvalue weighted by atomic mass is 9.97. The lowest BCUT2D eigenvalue weighted by Crippen LogP contribution is -2.39. The third kappa shape index (κ3) is 4.86. The van der Waals surface area contributed by atoms with Crippen LogP contribution in [-0.2, 0) is 4.79 Å². The van der Waals surface area contributed by atoms with Gasteiger partial charge in [-0.1, -0.05) is 11.6 Å². The van der Waals surface area contributed by atoms with Gasteiger partial charge in [0, 0.05) is 0 Å². The Bertz CT molecular complexity index is 504. The number of allylic oxidation sites excluding steroid dienone is 1. The molecular formula is C16H21NO4. The lowest BCUT2D eigenvalue weighted by Gasteiger charge is -2.17. The normalized spacial score (nSPS) is 16.3. The Kier molecular flexibility index (Phi) is 5.75. The van der Waals surface area contributed by atoms with Crippen LogP contribution >= 0.6 is 0 Å². The monoisotopic (exact) mass is 291 g/mol. The Morgan fingerprint density at radius 2 is 2.24 bits per heavy atom. The molecule has 0 amide bonds. The lowest BCUT2D eigenvalue weighted by molar-refractivity contribution is -0.137. The molecule has 0 bridgehead atoms. The highest BCUT2D eigenvalue weighted by atomic mass is 16.4. The summed E-state index contributed by atoms with van der Waals surface area (Å²) in [5.74, 6) is -1.10. The molecule has 21 heavy (non-hydrogen) atoms. The number of carboxylic acid groups (broad SMARTS) is 1. The maximum atomic E-state index is 12.2. The van der Waals surface area contributed by atoms with Gasteiger partial charge in [-0.2, -0.15) is 0 Å². The number of Topliss-reactive ketones (excluding diaryl/α,β-unsaturated/α-hetero) is 1. The molecule has 5 heteroatoms. The molecule has 0 spiro atoms. The smallest absolute Gasteiger partial charge is 0.305 e. The zero-order valence-corrected chi connectivity index (χ0v) is 12.0. The molecule has 1 aliphatic carbocycles. The molecule has 0 saturated carbocycles. The van der Waals surface area contributed by atoms with Crippen LogP contribution in [0.4, 0.5) is 0 Å². The van der Waals surface area contributed by atoms with Gasteiger partial charge in [0.15, 0.2) is 5.76 Å². The largest absolute Gasteiger partial charge is 0.481 e. The first-order valence-corrected chi connectivity index (χ1v) is 7.37. The number of carboxylic acids is 1. The Labute approximate surface area is 124 Å². The molecule has 1 heterocycles. The fraction of sp³-hybridized carbons (Fsp3) is 0.500. The van der Waals surface area contributed by atoms with E-state index in [0.29, 0.717) is 6.54 Å². The van der Waals surface area contributed by atoms with Crippen LogP contribution in [0.1, 0.15) is 49.1 Å². The number of ketones is 1. The van der Waals surface area contributed by atoms with Crippen molar-refractivity contribution in [1.29, 1.82) is 0 Å². The number of carbonyl (C=O) groups excluding carboxylic acids is 1. The molecule has 1 unspecified atom stereocenters. The van der Waals surface area contributed by atoms with E-state index in [-0.39, 0.29) is 18.0 Å². The van der Waals surface area contributed by atoms with Crippen molar-refractivity contribution in [1.82, 2.24) is 5.32 Å². The first kappa shape index (κ1) is 15.5. The molecule has 5 nitrogen and oxygen atoms in total. The van der Waals surface area contributed by atoms with E-state index in [2.05, 4.69) is 11.4 Å². The summed E-state index contributed by atoms with van der Waals surface area (Å²) in [7, 11) is 0. The third-order valence-corrected chi connectivity index (χ3v) is 3.68. The van der Waals surface area contributed by atoms with Crippen molar-refractivity contribution in [3.05, 3.63) is 35.8 Å². The van der Waals surface area contributed by atoms with Gasteiger partial charge in [-0.15, -0.1) is 0 Å². The van der Waals surface area contributed by atoms with E-state index in [0.717, 1.165) is 19.3 Å². The van der Waals surface area contributed by atoms with Crippen LogP contribution in [0, 0.1) is 0 Å². The van der Waals surface area contributed by atoms with Crippen LogP contribution in [0.3, 0.4) is 0 Å². The van der Waals surface area contributed by atoms with E-state index in [4.69, 9.17) is 9.52 Å². The van der Waals surface area contributed by atoms with E-state index in [1.54, 1.807) is 12.1 Å². The van der Waals surface area contributed by atoms with Crippen molar-refractivity contribution in [2.45, 2.75) is 44.6 Å². The second-order valence-electron chi connectivity index (χ2n) is 5.30. The fourth-order valence-electron chi connectivity index (χ4n) is 2.56. The van der Waals surface area contributed by atoms with Gasteiger partial charge in [0.1, 0.15) is 0 Å². The molecule has 0 fully saturated rings. The Morgan fingerprint density at radius 1 is 1.38 bits per heavy atom. The summed E-state index contributed by atoms with van der Waals surface area (Å²) < 4.78 is 5.06. The van der Waals surface area contributed by atoms with Gasteiger partial charge in [-0.05, 0) is 50.8 Å². The highest BCUT2D eigenvalue weighted by Crippen LogP contribution is 2.19. The number of hydrogen-bond donors (Lipinski definition) is 2. The van der Waals surface area contributed by atoms with Crippen molar-refractivity contribution < 1.29 is 19.1 Å². The van der Waals surface area contributed by atoms with Crippen molar-refractivity contribution in [3.63, 3.8) is 0 Å². The minimum Gasteiger partial charge on any atom is -0.481 e. The first-order chi connectivity index (χ1) is 10.2. The van der Waals surface area contributed by atoms with E-state index >= 15 is 0 Å². The Morgan fingerprint density at radius 3 is 2.86 bits per heavy atom. The molecule has 2 N–H and O–H groups in total. The third-order valence-electron chi connectivity index (χ3n) is 3.68. The first-order valence-electron chi connectivity index (χ1n) is 7.37. The second kappa shape index (κ2) is 7.78. The Hall–Kier alpha value is -1.88. The number of rotatable bonds is 8. The summed E-state index contributed by atoms with van der Waals surface area (Å²) in [6.45, 7) is 0.607.